The lowest BCUT2D eigenvalue weighted by Crippen LogP contribution is -2.40. The summed E-state index contributed by atoms with van der Waals surface area (Å²) in [6, 6.07) is 3.31. The van der Waals surface area contributed by atoms with Crippen molar-refractivity contribution in [3.63, 3.8) is 0 Å². The molecule has 192 valence electrons. The molecule has 0 aliphatic carbocycles. The molecular formula is C25H30F2N6O3. The molecule has 0 radical (unpaired) electrons. The van der Waals surface area contributed by atoms with Gasteiger partial charge in [0.2, 0.25) is 5.91 Å². The van der Waals surface area contributed by atoms with Crippen molar-refractivity contribution in [3.05, 3.63) is 53.1 Å². The number of fused-ring (bicyclic) bond motifs is 1. The molecule has 0 bridgehead atoms. The molecule has 1 saturated heterocycles. The standard InChI is InChI=1S/C25H30F2N6O3/c1-16(34)33-10-7-21-22(14-33)30-24(17(12-28)13-29-15-35-2)25(31-21)32-8-5-19(6-9-32)36-23-4-3-18(26)11-20(23)27/h3-4,11-13,19H,5-10,14-15,28H2,1-2H3/b17-12+,29-13+. The minimum absolute atomic E-state index is 0.0102. The van der Waals surface area contributed by atoms with E-state index in [0.29, 0.717) is 62.5 Å². The number of nitrogens with zero attached hydrogens (tertiary/aromatic N) is 5. The Labute approximate surface area is 208 Å². The lowest BCUT2D eigenvalue weighted by atomic mass is 10.0. The molecule has 36 heavy (non-hydrogen) atoms. The van der Waals surface area contributed by atoms with Gasteiger partial charge in [-0.25, -0.2) is 18.7 Å². The van der Waals surface area contributed by atoms with Gasteiger partial charge in [-0.1, -0.05) is 0 Å². The van der Waals surface area contributed by atoms with Gasteiger partial charge < -0.3 is 25.0 Å². The van der Waals surface area contributed by atoms with Crippen LogP contribution in [0.25, 0.3) is 5.57 Å². The van der Waals surface area contributed by atoms with Crippen LogP contribution < -0.4 is 15.4 Å². The predicted octanol–water partition coefficient (Wildman–Crippen LogP) is 2.68. The number of carbonyl (C=O) groups excluding carboxylic acids is 1. The number of aliphatic imine (C=N–C) groups is 1. The zero-order valence-electron chi connectivity index (χ0n) is 20.4. The molecular weight excluding hydrogens is 470 g/mol. The molecule has 1 aromatic heterocycles. The van der Waals surface area contributed by atoms with E-state index in [1.807, 2.05) is 0 Å². The maximum Gasteiger partial charge on any atom is 0.219 e. The van der Waals surface area contributed by atoms with Crippen molar-refractivity contribution < 1.29 is 23.0 Å². The molecule has 0 atom stereocenters. The molecule has 2 aliphatic heterocycles. The van der Waals surface area contributed by atoms with E-state index in [1.54, 1.807) is 25.1 Å². The smallest absolute Gasteiger partial charge is 0.219 e. The van der Waals surface area contributed by atoms with Crippen molar-refractivity contribution in [2.45, 2.75) is 38.8 Å². The van der Waals surface area contributed by atoms with Crippen LogP contribution in [0.1, 0.15) is 36.8 Å². The summed E-state index contributed by atoms with van der Waals surface area (Å²) in [6.07, 6.45) is 4.66. The van der Waals surface area contributed by atoms with Gasteiger partial charge in [0.25, 0.3) is 0 Å². The second-order valence-corrected chi connectivity index (χ2v) is 8.71. The van der Waals surface area contributed by atoms with Crippen LogP contribution in [-0.4, -0.2) is 66.6 Å². The summed E-state index contributed by atoms with van der Waals surface area (Å²) in [5.41, 5.74) is 8.69. The summed E-state index contributed by atoms with van der Waals surface area (Å²) < 4.78 is 38.1. The fourth-order valence-electron chi connectivity index (χ4n) is 4.33. The summed E-state index contributed by atoms with van der Waals surface area (Å²) >= 11 is 0. The van der Waals surface area contributed by atoms with Gasteiger partial charge in [0, 0.05) is 77.0 Å². The number of anilines is 1. The quantitative estimate of drug-likeness (QED) is 0.583. The highest BCUT2D eigenvalue weighted by atomic mass is 19.1. The average molecular weight is 501 g/mol. The number of allylic oxidation sites excluding steroid dienone is 1. The van der Waals surface area contributed by atoms with Crippen LogP contribution >= 0.6 is 0 Å². The first-order chi connectivity index (χ1) is 17.4. The highest BCUT2D eigenvalue weighted by molar-refractivity contribution is 6.10. The van der Waals surface area contributed by atoms with Crippen LogP contribution in [-0.2, 0) is 22.5 Å². The number of hydrogen-bond donors (Lipinski definition) is 1. The first-order valence-electron chi connectivity index (χ1n) is 11.8. The van der Waals surface area contributed by atoms with E-state index >= 15 is 0 Å². The molecule has 11 heteroatoms. The molecule has 0 saturated carbocycles. The number of benzene rings is 1. The molecule has 2 aliphatic rings. The predicted molar refractivity (Wildman–Crippen MR) is 132 cm³/mol. The number of halogens is 2. The van der Waals surface area contributed by atoms with Crippen LogP contribution in [0.2, 0.25) is 0 Å². The summed E-state index contributed by atoms with van der Waals surface area (Å²) in [4.78, 5) is 29.8. The normalized spacial score (nSPS) is 16.9. The third kappa shape index (κ3) is 5.78. The Balaban J connectivity index is 1.57. The van der Waals surface area contributed by atoms with Gasteiger partial charge >= 0.3 is 0 Å². The van der Waals surface area contributed by atoms with Crippen LogP contribution in [0.15, 0.2) is 29.4 Å². The highest BCUT2D eigenvalue weighted by Gasteiger charge is 2.29. The monoisotopic (exact) mass is 500 g/mol. The topological polar surface area (TPSA) is 106 Å². The Morgan fingerprint density at radius 1 is 1.22 bits per heavy atom. The van der Waals surface area contributed by atoms with Gasteiger partial charge in [-0.15, -0.1) is 0 Å². The number of carbonyl (C=O) groups is 1. The molecule has 2 N–H and O–H groups in total. The first kappa shape index (κ1) is 25.5. The van der Waals surface area contributed by atoms with E-state index in [0.717, 1.165) is 17.5 Å². The van der Waals surface area contributed by atoms with Crippen LogP contribution in [0.5, 0.6) is 5.75 Å². The van der Waals surface area contributed by atoms with E-state index in [2.05, 4.69) is 9.89 Å². The van der Waals surface area contributed by atoms with Gasteiger partial charge in [-0.05, 0) is 12.1 Å². The van der Waals surface area contributed by atoms with Crippen molar-refractivity contribution >= 4 is 23.5 Å². The summed E-state index contributed by atoms with van der Waals surface area (Å²) in [5, 5.41) is 0. The van der Waals surface area contributed by atoms with Gasteiger partial charge in [-0.2, -0.15) is 0 Å². The Morgan fingerprint density at radius 2 is 2.00 bits per heavy atom. The molecule has 1 aromatic carbocycles. The van der Waals surface area contributed by atoms with E-state index < -0.39 is 11.6 Å². The molecule has 1 fully saturated rings. The van der Waals surface area contributed by atoms with Crippen molar-refractivity contribution in [3.8, 4) is 5.75 Å². The van der Waals surface area contributed by atoms with E-state index in [1.165, 1.54) is 18.3 Å². The number of ether oxygens (including phenoxy) is 2. The average Bonchev–Trinajstić information content (AvgIpc) is 2.88. The molecule has 1 amide bonds. The fourth-order valence-corrected chi connectivity index (χ4v) is 4.33. The fraction of sp³-hybridized carbons (Fsp3) is 0.440. The largest absolute Gasteiger partial charge is 0.487 e. The number of methoxy groups -OCH3 is 1. The maximum atomic E-state index is 14.0. The maximum absolute atomic E-state index is 14.0. The molecule has 9 nitrogen and oxygen atoms in total. The summed E-state index contributed by atoms with van der Waals surface area (Å²) in [5.74, 6) is -0.645. The van der Waals surface area contributed by atoms with Crippen molar-refractivity contribution in [2.75, 3.05) is 38.4 Å². The van der Waals surface area contributed by atoms with Gasteiger partial charge in [-0.3, -0.25) is 9.79 Å². The first-order valence-corrected chi connectivity index (χ1v) is 11.8. The minimum atomic E-state index is -0.715. The highest BCUT2D eigenvalue weighted by Crippen LogP contribution is 2.30. The number of piperidine rings is 1. The van der Waals surface area contributed by atoms with E-state index in [-0.39, 0.29) is 24.5 Å². The molecule has 0 unspecified atom stereocenters. The zero-order valence-corrected chi connectivity index (χ0v) is 20.4. The zero-order chi connectivity index (χ0) is 25.7. The molecule has 4 rings (SSSR count). The summed E-state index contributed by atoms with van der Waals surface area (Å²) in [6.45, 7) is 3.88. The Bertz CT molecular complexity index is 1160. The van der Waals surface area contributed by atoms with Crippen molar-refractivity contribution in [1.82, 2.24) is 14.9 Å². The molecule has 2 aromatic rings. The Morgan fingerprint density at radius 3 is 2.67 bits per heavy atom. The van der Waals surface area contributed by atoms with Crippen LogP contribution in [0.4, 0.5) is 14.6 Å². The number of aromatic nitrogens is 2. The van der Waals surface area contributed by atoms with E-state index in [9.17, 15) is 13.6 Å². The minimum Gasteiger partial charge on any atom is -0.487 e. The molecule has 3 heterocycles. The van der Waals surface area contributed by atoms with Crippen molar-refractivity contribution in [2.24, 2.45) is 10.7 Å². The lowest BCUT2D eigenvalue weighted by Gasteiger charge is -2.35. The second kappa shape index (κ2) is 11.4. The number of amides is 1. The number of nitrogens with two attached hydrogens (primary N) is 1. The molecule has 0 spiro atoms. The van der Waals surface area contributed by atoms with Crippen molar-refractivity contribution in [1.29, 1.82) is 0 Å². The summed E-state index contributed by atoms with van der Waals surface area (Å²) in [7, 11) is 1.55. The van der Waals surface area contributed by atoms with Crippen LogP contribution in [0.3, 0.4) is 0 Å². The Hall–Kier alpha value is -3.60. The Kier molecular flexibility index (Phi) is 8.09. The lowest BCUT2D eigenvalue weighted by molar-refractivity contribution is -0.129. The number of rotatable bonds is 7. The SMILES string of the molecule is COC/N=C/C(=C\N)c1nc2c(nc1N1CCC(Oc3ccc(F)cc3F)CC1)CCN(C(C)=O)C2. The van der Waals surface area contributed by atoms with Crippen LogP contribution in [0, 0.1) is 11.6 Å². The van der Waals surface area contributed by atoms with E-state index in [4.69, 9.17) is 25.2 Å². The van der Waals surface area contributed by atoms with Gasteiger partial charge in [0.05, 0.1) is 17.9 Å². The van der Waals surface area contributed by atoms with Gasteiger partial charge in [0.15, 0.2) is 17.4 Å². The second-order valence-electron chi connectivity index (χ2n) is 8.71. The third-order valence-electron chi connectivity index (χ3n) is 6.25. The van der Waals surface area contributed by atoms with Gasteiger partial charge in [0.1, 0.15) is 24.3 Å². The third-order valence-corrected chi connectivity index (χ3v) is 6.25. The number of hydrogen-bond acceptors (Lipinski definition) is 8.